The number of nitrogens with zero attached hydrogens (tertiary/aromatic N) is 4. The summed E-state index contributed by atoms with van der Waals surface area (Å²) in [5, 5.41) is 5.37. The second-order valence-electron chi connectivity index (χ2n) is 8.61. The fraction of sp³-hybridized carbons (Fsp3) is 0.0714. The van der Waals surface area contributed by atoms with Gasteiger partial charge < -0.3 is 9.15 Å². The van der Waals surface area contributed by atoms with Crippen molar-refractivity contribution in [3.8, 4) is 23.0 Å². The van der Waals surface area contributed by atoms with Crippen LogP contribution in [0, 0.1) is 6.92 Å². The number of aryl methyl sites for hydroxylation is 1. The van der Waals surface area contributed by atoms with Gasteiger partial charge in [-0.1, -0.05) is 72.3 Å². The number of aromatic nitrogens is 4. The van der Waals surface area contributed by atoms with Crippen molar-refractivity contribution in [2.75, 3.05) is 0 Å². The molecule has 1 aliphatic heterocycles. The van der Waals surface area contributed by atoms with Gasteiger partial charge in [-0.05, 0) is 24.6 Å². The summed E-state index contributed by atoms with van der Waals surface area (Å²) in [7, 11) is 0. The fourth-order valence-electron chi connectivity index (χ4n) is 4.73. The van der Waals surface area contributed by atoms with Gasteiger partial charge in [-0.15, -0.1) is 5.10 Å². The highest BCUT2D eigenvalue weighted by atomic mass is 16.5. The topological polar surface area (TPSA) is 82.5 Å². The number of hydrogen-bond donors (Lipinski definition) is 0. The van der Waals surface area contributed by atoms with E-state index in [1.807, 2.05) is 79.7 Å². The average Bonchev–Trinajstić information content (AvgIpc) is 3.33. The van der Waals surface area contributed by atoms with Crippen LogP contribution in [-0.4, -0.2) is 19.6 Å². The Hall–Kier alpha value is -4.78. The lowest BCUT2D eigenvalue weighted by Gasteiger charge is -2.27. The Morgan fingerprint density at radius 2 is 1.66 bits per heavy atom. The monoisotopic (exact) mass is 458 g/mol. The minimum absolute atomic E-state index is 0.401. The molecule has 4 heterocycles. The fourth-order valence-corrected chi connectivity index (χ4v) is 4.73. The van der Waals surface area contributed by atoms with E-state index in [2.05, 4.69) is 10.1 Å². The van der Waals surface area contributed by atoms with Gasteiger partial charge in [0.1, 0.15) is 11.9 Å². The van der Waals surface area contributed by atoms with E-state index >= 15 is 0 Å². The average molecular weight is 458 g/mol. The maximum absolute atomic E-state index is 13.4. The maximum Gasteiger partial charge on any atom is 0.344 e. The lowest BCUT2D eigenvalue weighted by Crippen LogP contribution is -2.22. The standard InChI is InChI=1S/C28H18N4O3/c1-16-11-13-17(14-12-16)21-22-24(19-9-5-6-10-20(19)34-28(22)33)35-27-23(21)26-30-25(31-32(26)15-29-27)18-7-3-2-4-8-18/h2-15,21H,1H3. The summed E-state index contributed by atoms with van der Waals surface area (Å²) in [6.07, 6.45) is 1.60. The van der Waals surface area contributed by atoms with Crippen molar-refractivity contribution in [3.63, 3.8) is 0 Å². The molecule has 0 spiro atoms. The summed E-state index contributed by atoms with van der Waals surface area (Å²) in [5.74, 6) is 0.951. The summed E-state index contributed by atoms with van der Waals surface area (Å²) >= 11 is 0. The van der Waals surface area contributed by atoms with Crippen LogP contribution >= 0.6 is 0 Å². The summed E-state index contributed by atoms with van der Waals surface area (Å²) < 4.78 is 13.7. The Kier molecular flexibility index (Phi) is 4.14. The lowest BCUT2D eigenvalue weighted by atomic mass is 9.84. The number of fused-ring (bicyclic) bond motifs is 6. The number of benzene rings is 3. The zero-order valence-corrected chi connectivity index (χ0v) is 18.7. The van der Waals surface area contributed by atoms with Gasteiger partial charge in [-0.2, -0.15) is 0 Å². The molecule has 0 aliphatic carbocycles. The Morgan fingerprint density at radius 1 is 0.886 bits per heavy atom. The largest absolute Gasteiger partial charge is 0.437 e. The summed E-state index contributed by atoms with van der Waals surface area (Å²) in [6.45, 7) is 2.03. The Morgan fingerprint density at radius 3 is 2.49 bits per heavy atom. The molecule has 1 unspecified atom stereocenters. The molecule has 35 heavy (non-hydrogen) atoms. The van der Waals surface area contributed by atoms with Gasteiger partial charge in [0, 0.05) is 5.56 Å². The van der Waals surface area contributed by atoms with Crippen molar-refractivity contribution in [1.29, 1.82) is 0 Å². The van der Waals surface area contributed by atoms with Crippen molar-refractivity contribution in [3.05, 3.63) is 118 Å². The molecule has 0 fully saturated rings. The third-order valence-electron chi connectivity index (χ3n) is 6.40. The van der Waals surface area contributed by atoms with E-state index in [1.165, 1.54) is 0 Å². The van der Waals surface area contributed by atoms with E-state index in [0.717, 1.165) is 22.1 Å². The van der Waals surface area contributed by atoms with Crippen LogP contribution in [0.1, 0.15) is 28.2 Å². The van der Waals surface area contributed by atoms with Gasteiger partial charge in [0.2, 0.25) is 5.88 Å². The molecule has 3 aromatic heterocycles. The quantitative estimate of drug-likeness (QED) is 0.319. The minimum Gasteiger partial charge on any atom is -0.437 e. The normalized spacial score (nSPS) is 14.5. The summed E-state index contributed by atoms with van der Waals surface area (Å²) in [6, 6.07) is 25.2. The molecule has 7 rings (SSSR count). The first-order chi connectivity index (χ1) is 17.2. The molecule has 0 amide bonds. The Balaban J connectivity index is 1.56. The molecule has 1 aliphatic rings. The van der Waals surface area contributed by atoms with Crippen LogP contribution in [0.25, 0.3) is 28.0 Å². The van der Waals surface area contributed by atoms with E-state index in [-0.39, 0.29) is 0 Å². The predicted molar refractivity (Wildman–Crippen MR) is 131 cm³/mol. The first-order valence-corrected chi connectivity index (χ1v) is 11.3. The number of ether oxygens (including phenoxy) is 1. The molecule has 3 aromatic carbocycles. The smallest absolute Gasteiger partial charge is 0.344 e. The van der Waals surface area contributed by atoms with Crippen LogP contribution in [-0.2, 0) is 0 Å². The Bertz CT molecular complexity index is 1800. The van der Waals surface area contributed by atoms with Crippen LogP contribution in [0.4, 0.5) is 0 Å². The van der Waals surface area contributed by atoms with Crippen LogP contribution < -0.4 is 10.4 Å². The van der Waals surface area contributed by atoms with Gasteiger partial charge in [-0.25, -0.2) is 19.3 Å². The molecular weight excluding hydrogens is 440 g/mol. The number of rotatable bonds is 2. The third kappa shape index (κ3) is 2.98. The minimum atomic E-state index is -0.487. The van der Waals surface area contributed by atoms with E-state index in [0.29, 0.717) is 39.8 Å². The van der Waals surface area contributed by atoms with Gasteiger partial charge in [0.25, 0.3) is 0 Å². The summed E-state index contributed by atoms with van der Waals surface area (Å²) in [4.78, 5) is 22.8. The van der Waals surface area contributed by atoms with Crippen LogP contribution in [0.3, 0.4) is 0 Å². The predicted octanol–water partition coefficient (Wildman–Crippen LogP) is 5.49. The maximum atomic E-state index is 13.4. The molecule has 0 N–H and O–H groups in total. The highest BCUT2D eigenvalue weighted by Crippen LogP contribution is 2.48. The van der Waals surface area contributed by atoms with Crippen LogP contribution in [0.5, 0.6) is 11.6 Å². The highest BCUT2D eigenvalue weighted by Gasteiger charge is 2.37. The first-order valence-electron chi connectivity index (χ1n) is 11.3. The van der Waals surface area contributed by atoms with Crippen LogP contribution in [0.2, 0.25) is 0 Å². The molecule has 6 aromatic rings. The van der Waals surface area contributed by atoms with Crippen molar-refractivity contribution in [2.24, 2.45) is 0 Å². The van der Waals surface area contributed by atoms with Gasteiger partial charge in [-0.3, -0.25) is 0 Å². The van der Waals surface area contributed by atoms with E-state index < -0.39 is 11.5 Å². The second kappa shape index (κ2) is 7.36. The first kappa shape index (κ1) is 19.7. The van der Waals surface area contributed by atoms with E-state index in [4.69, 9.17) is 14.1 Å². The van der Waals surface area contributed by atoms with Gasteiger partial charge >= 0.3 is 5.63 Å². The Labute approximate surface area is 199 Å². The van der Waals surface area contributed by atoms with Crippen molar-refractivity contribution in [1.82, 2.24) is 19.6 Å². The summed E-state index contributed by atoms with van der Waals surface area (Å²) in [5.41, 5.74) is 4.65. The molecule has 1 atom stereocenters. The van der Waals surface area contributed by atoms with Crippen LogP contribution in [0.15, 0.2) is 94.4 Å². The highest BCUT2D eigenvalue weighted by molar-refractivity contribution is 5.87. The second-order valence-corrected chi connectivity index (χ2v) is 8.61. The zero-order valence-electron chi connectivity index (χ0n) is 18.7. The van der Waals surface area contributed by atoms with Crippen molar-refractivity contribution in [2.45, 2.75) is 12.8 Å². The van der Waals surface area contributed by atoms with Gasteiger partial charge in [0.15, 0.2) is 17.2 Å². The molecule has 0 saturated heterocycles. The molecule has 7 nitrogen and oxygen atoms in total. The number of hydrogen-bond acceptors (Lipinski definition) is 6. The van der Waals surface area contributed by atoms with Crippen molar-refractivity contribution >= 4 is 16.6 Å². The lowest BCUT2D eigenvalue weighted by molar-refractivity contribution is 0.422. The molecule has 168 valence electrons. The third-order valence-corrected chi connectivity index (χ3v) is 6.40. The SMILES string of the molecule is Cc1ccc(C2c3c(c4ccccc4oc3=O)Oc3ncn4nc(-c5ccccc5)nc4c32)cc1. The molecule has 0 bridgehead atoms. The van der Waals surface area contributed by atoms with E-state index in [1.54, 1.807) is 16.9 Å². The number of para-hydroxylation sites is 1. The van der Waals surface area contributed by atoms with E-state index in [9.17, 15) is 4.79 Å². The van der Waals surface area contributed by atoms with Gasteiger partial charge in [0.05, 0.1) is 22.4 Å². The molecule has 0 saturated carbocycles. The van der Waals surface area contributed by atoms with Crippen molar-refractivity contribution < 1.29 is 9.15 Å². The zero-order chi connectivity index (χ0) is 23.5. The molecule has 7 heteroatoms. The molecule has 0 radical (unpaired) electrons. The molecular formula is C28H18N4O3.